The molecule has 0 fully saturated rings. The van der Waals surface area contributed by atoms with Crippen molar-refractivity contribution in [2.45, 2.75) is 20.0 Å². The van der Waals surface area contributed by atoms with Crippen molar-refractivity contribution in [2.24, 2.45) is 0 Å². The number of ether oxygens (including phenoxy) is 1. The molecule has 114 valence electrons. The van der Waals surface area contributed by atoms with Gasteiger partial charge in [0.1, 0.15) is 12.4 Å². The Bertz CT molecular complexity index is 513. The van der Waals surface area contributed by atoms with Gasteiger partial charge in [-0.25, -0.2) is 0 Å². The summed E-state index contributed by atoms with van der Waals surface area (Å²) < 4.78 is 5.94. The third-order valence-corrected chi connectivity index (χ3v) is 4.03. The van der Waals surface area contributed by atoms with Gasteiger partial charge >= 0.3 is 0 Å². The van der Waals surface area contributed by atoms with E-state index < -0.39 is 0 Å². The number of thiophene rings is 1. The van der Waals surface area contributed by atoms with Crippen molar-refractivity contribution >= 4 is 11.3 Å². The number of hydrogen-bond donors (Lipinski definition) is 1. The third-order valence-electron chi connectivity index (χ3n) is 3.30. The van der Waals surface area contributed by atoms with Gasteiger partial charge in [0.15, 0.2) is 0 Å². The first-order valence-corrected chi connectivity index (χ1v) is 8.35. The number of nitrogens with zero attached hydrogens (tertiary/aromatic N) is 1. The van der Waals surface area contributed by atoms with Gasteiger partial charge in [-0.2, -0.15) is 11.3 Å². The van der Waals surface area contributed by atoms with Crippen LogP contribution < -0.4 is 10.1 Å². The molecule has 0 saturated carbocycles. The van der Waals surface area contributed by atoms with E-state index in [0.29, 0.717) is 6.61 Å². The van der Waals surface area contributed by atoms with Crippen molar-refractivity contribution in [3.05, 3.63) is 52.2 Å². The molecule has 0 aliphatic carbocycles. The lowest BCUT2D eigenvalue weighted by molar-refractivity contribution is 0.231. The van der Waals surface area contributed by atoms with Gasteiger partial charge in [-0.3, -0.25) is 4.90 Å². The van der Waals surface area contributed by atoms with E-state index in [1.165, 1.54) is 11.1 Å². The van der Waals surface area contributed by atoms with Crippen LogP contribution in [0.3, 0.4) is 0 Å². The van der Waals surface area contributed by atoms with Crippen molar-refractivity contribution in [3.63, 3.8) is 0 Å². The molecule has 21 heavy (non-hydrogen) atoms. The molecule has 0 bridgehead atoms. The van der Waals surface area contributed by atoms with Crippen LogP contribution in [0.4, 0.5) is 0 Å². The second-order valence-corrected chi connectivity index (χ2v) is 5.89. The second kappa shape index (κ2) is 8.82. The number of benzene rings is 1. The quantitative estimate of drug-likeness (QED) is 0.769. The maximum Gasteiger partial charge on any atom is 0.123 e. The normalized spacial score (nSPS) is 11.0. The predicted molar refractivity (Wildman–Crippen MR) is 90.0 cm³/mol. The van der Waals surface area contributed by atoms with E-state index in [1.807, 2.05) is 12.1 Å². The lowest BCUT2D eigenvalue weighted by atomic mass is 10.2. The van der Waals surface area contributed by atoms with Gasteiger partial charge in [-0.05, 0) is 42.0 Å². The highest BCUT2D eigenvalue weighted by Gasteiger charge is 2.04. The zero-order valence-corrected chi connectivity index (χ0v) is 13.7. The summed E-state index contributed by atoms with van der Waals surface area (Å²) in [5, 5.41) is 7.66. The standard InChI is InChI=1S/C17H24N2OS/c1-3-18-12-16-6-4-5-7-17(16)20-10-9-19(2)13-15-8-11-21-14-15/h4-8,11,14,18H,3,9-10,12-13H2,1-2H3. The molecular formula is C17H24N2OS. The average molecular weight is 304 g/mol. The van der Waals surface area contributed by atoms with Gasteiger partial charge in [0.05, 0.1) is 0 Å². The van der Waals surface area contributed by atoms with Gasteiger partial charge in [0.25, 0.3) is 0 Å². The Hall–Kier alpha value is -1.36. The molecule has 0 radical (unpaired) electrons. The van der Waals surface area contributed by atoms with Crippen molar-refractivity contribution in [1.82, 2.24) is 10.2 Å². The minimum atomic E-state index is 0.712. The zero-order chi connectivity index (χ0) is 14.9. The Morgan fingerprint density at radius 2 is 2.10 bits per heavy atom. The summed E-state index contributed by atoms with van der Waals surface area (Å²) >= 11 is 1.75. The molecule has 0 spiro atoms. The van der Waals surface area contributed by atoms with Crippen LogP contribution in [0.1, 0.15) is 18.1 Å². The maximum atomic E-state index is 5.94. The molecule has 2 aromatic rings. The monoisotopic (exact) mass is 304 g/mol. The van der Waals surface area contributed by atoms with Crippen molar-refractivity contribution in [3.8, 4) is 5.75 Å². The molecule has 1 N–H and O–H groups in total. The molecule has 0 aliphatic heterocycles. The fourth-order valence-corrected chi connectivity index (χ4v) is 2.79. The van der Waals surface area contributed by atoms with Crippen LogP contribution in [-0.4, -0.2) is 31.6 Å². The Morgan fingerprint density at radius 1 is 1.24 bits per heavy atom. The molecule has 1 heterocycles. The lowest BCUT2D eigenvalue weighted by Crippen LogP contribution is -2.24. The second-order valence-electron chi connectivity index (χ2n) is 5.11. The van der Waals surface area contributed by atoms with E-state index in [9.17, 15) is 0 Å². The summed E-state index contributed by atoms with van der Waals surface area (Å²) in [5.74, 6) is 0.988. The summed E-state index contributed by atoms with van der Waals surface area (Å²) in [6, 6.07) is 10.4. The number of likely N-dealkylation sites (N-methyl/N-ethyl adjacent to an activating group) is 1. The third kappa shape index (κ3) is 5.50. The molecule has 0 atom stereocenters. The minimum absolute atomic E-state index is 0.712. The number of hydrogen-bond acceptors (Lipinski definition) is 4. The number of para-hydroxylation sites is 1. The summed E-state index contributed by atoms with van der Waals surface area (Å²) in [4.78, 5) is 2.29. The van der Waals surface area contributed by atoms with E-state index in [1.54, 1.807) is 11.3 Å². The van der Waals surface area contributed by atoms with E-state index in [-0.39, 0.29) is 0 Å². The van der Waals surface area contributed by atoms with E-state index >= 15 is 0 Å². The van der Waals surface area contributed by atoms with Crippen LogP contribution in [0.2, 0.25) is 0 Å². The molecule has 0 aliphatic rings. The molecule has 3 nitrogen and oxygen atoms in total. The van der Waals surface area contributed by atoms with Gasteiger partial charge in [-0.15, -0.1) is 0 Å². The van der Waals surface area contributed by atoms with Gasteiger partial charge in [0.2, 0.25) is 0 Å². The molecule has 1 aromatic carbocycles. The van der Waals surface area contributed by atoms with Gasteiger partial charge in [-0.1, -0.05) is 25.1 Å². The van der Waals surface area contributed by atoms with Crippen LogP contribution in [-0.2, 0) is 13.1 Å². The Labute approximate surface area is 131 Å². The highest BCUT2D eigenvalue weighted by Crippen LogP contribution is 2.17. The zero-order valence-electron chi connectivity index (χ0n) is 12.8. The highest BCUT2D eigenvalue weighted by atomic mass is 32.1. The molecule has 0 unspecified atom stereocenters. The van der Waals surface area contributed by atoms with Crippen LogP contribution in [0.15, 0.2) is 41.1 Å². The SMILES string of the molecule is CCNCc1ccccc1OCCN(C)Cc1ccsc1. The molecule has 4 heteroatoms. The van der Waals surface area contributed by atoms with Gasteiger partial charge in [0, 0.05) is 25.2 Å². The van der Waals surface area contributed by atoms with Gasteiger partial charge < -0.3 is 10.1 Å². The van der Waals surface area contributed by atoms with Crippen LogP contribution in [0.5, 0.6) is 5.75 Å². The summed E-state index contributed by atoms with van der Waals surface area (Å²) in [6.45, 7) is 6.55. The minimum Gasteiger partial charge on any atom is -0.492 e. The summed E-state index contributed by atoms with van der Waals surface area (Å²) in [5.41, 5.74) is 2.59. The molecule has 0 amide bonds. The smallest absolute Gasteiger partial charge is 0.123 e. The first kappa shape index (κ1) is 16.0. The number of nitrogens with one attached hydrogen (secondary N) is 1. The summed E-state index contributed by atoms with van der Waals surface area (Å²) in [6.07, 6.45) is 0. The average Bonchev–Trinajstić information content (AvgIpc) is 2.99. The first-order chi connectivity index (χ1) is 10.3. The fourth-order valence-electron chi connectivity index (χ4n) is 2.14. The fraction of sp³-hybridized carbons (Fsp3) is 0.412. The first-order valence-electron chi connectivity index (χ1n) is 7.40. The highest BCUT2D eigenvalue weighted by molar-refractivity contribution is 7.07. The lowest BCUT2D eigenvalue weighted by Gasteiger charge is -2.17. The molecular weight excluding hydrogens is 280 g/mol. The van der Waals surface area contributed by atoms with Crippen LogP contribution in [0, 0.1) is 0 Å². The molecule has 2 rings (SSSR count). The predicted octanol–water partition coefficient (Wildman–Crippen LogP) is 3.37. The van der Waals surface area contributed by atoms with E-state index in [0.717, 1.165) is 31.9 Å². The Kier molecular flexibility index (Phi) is 6.73. The van der Waals surface area contributed by atoms with E-state index in [4.69, 9.17) is 4.74 Å². The molecule has 1 aromatic heterocycles. The Balaban J connectivity index is 1.77. The summed E-state index contributed by atoms with van der Waals surface area (Å²) in [7, 11) is 2.13. The van der Waals surface area contributed by atoms with Crippen molar-refractivity contribution in [2.75, 3.05) is 26.7 Å². The maximum absolute atomic E-state index is 5.94. The topological polar surface area (TPSA) is 24.5 Å². The van der Waals surface area contributed by atoms with Crippen LogP contribution in [0.25, 0.3) is 0 Å². The Morgan fingerprint density at radius 3 is 2.86 bits per heavy atom. The number of rotatable bonds is 9. The van der Waals surface area contributed by atoms with Crippen molar-refractivity contribution < 1.29 is 4.74 Å². The van der Waals surface area contributed by atoms with E-state index in [2.05, 4.69) is 53.1 Å². The largest absolute Gasteiger partial charge is 0.492 e. The van der Waals surface area contributed by atoms with Crippen molar-refractivity contribution in [1.29, 1.82) is 0 Å². The molecule has 0 saturated heterocycles. The van der Waals surface area contributed by atoms with Crippen LogP contribution >= 0.6 is 11.3 Å².